The predicted octanol–water partition coefficient (Wildman–Crippen LogP) is 4.98. The number of benzene rings is 1. The molecule has 0 atom stereocenters. The molecule has 1 N–H and O–H groups in total. The summed E-state index contributed by atoms with van der Waals surface area (Å²) in [5.41, 5.74) is -2.11. The van der Waals surface area contributed by atoms with E-state index in [1.165, 1.54) is 19.9 Å². The van der Waals surface area contributed by atoms with Gasteiger partial charge in [-0.05, 0) is 26.8 Å². The molecule has 0 aromatic heterocycles. The van der Waals surface area contributed by atoms with E-state index in [4.69, 9.17) is 33.0 Å². The lowest BCUT2D eigenvalue weighted by molar-refractivity contribution is -0.153. The SMILES string of the molecule is CCOc1cc(Cl)c(C(F)(F)CC(C)(C)C(=O)O)cc1Cl. The number of hydrogen-bond acceptors (Lipinski definition) is 2. The molecule has 118 valence electrons. The molecule has 0 bridgehead atoms. The summed E-state index contributed by atoms with van der Waals surface area (Å²) in [7, 11) is 0. The number of carboxylic acid groups (broad SMARTS) is 1. The molecule has 0 saturated heterocycles. The van der Waals surface area contributed by atoms with E-state index in [0.29, 0.717) is 6.61 Å². The second-order valence-corrected chi connectivity index (χ2v) is 6.08. The Hall–Kier alpha value is -1.07. The van der Waals surface area contributed by atoms with Gasteiger partial charge in [-0.25, -0.2) is 8.78 Å². The number of rotatable bonds is 6. The first-order chi connectivity index (χ1) is 9.51. The zero-order valence-electron chi connectivity index (χ0n) is 11.8. The molecule has 0 amide bonds. The van der Waals surface area contributed by atoms with Crippen molar-refractivity contribution in [3.05, 3.63) is 27.7 Å². The minimum Gasteiger partial charge on any atom is -0.492 e. The lowest BCUT2D eigenvalue weighted by Crippen LogP contribution is -2.31. The van der Waals surface area contributed by atoms with Crippen LogP contribution in [0.3, 0.4) is 0 Å². The fourth-order valence-electron chi connectivity index (χ4n) is 1.80. The number of aliphatic carboxylic acids is 1. The van der Waals surface area contributed by atoms with E-state index < -0.39 is 29.3 Å². The van der Waals surface area contributed by atoms with E-state index in [1.54, 1.807) is 6.92 Å². The Balaban J connectivity index is 3.20. The van der Waals surface area contributed by atoms with Gasteiger partial charge in [0.15, 0.2) is 0 Å². The maximum absolute atomic E-state index is 14.3. The largest absolute Gasteiger partial charge is 0.492 e. The number of alkyl halides is 2. The summed E-state index contributed by atoms with van der Waals surface area (Å²) in [6.45, 7) is 4.50. The Kier molecular flexibility index (Phi) is 5.45. The number of hydrogen-bond donors (Lipinski definition) is 1. The van der Waals surface area contributed by atoms with Gasteiger partial charge in [0, 0.05) is 18.1 Å². The molecule has 0 heterocycles. The van der Waals surface area contributed by atoms with E-state index in [2.05, 4.69) is 0 Å². The van der Waals surface area contributed by atoms with Gasteiger partial charge in [0.1, 0.15) is 5.75 Å². The van der Waals surface area contributed by atoms with E-state index in [-0.39, 0.29) is 15.8 Å². The normalized spacial score (nSPS) is 12.3. The van der Waals surface area contributed by atoms with Crippen LogP contribution < -0.4 is 4.74 Å². The Bertz CT molecular complexity index is 545. The molecule has 21 heavy (non-hydrogen) atoms. The molecular weight excluding hydrogens is 325 g/mol. The zero-order chi connectivity index (χ0) is 16.4. The van der Waals surface area contributed by atoms with Crippen LogP contribution in [-0.4, -0.2) is 17.7 Å². The van der Waals surface area contributed by atoms with Gasteiger partial charge in [0.05, 0.1) is 22.1 Å². The van der Waals surface area contributed by atoms with Gasteiger partial charge in [-0.2, -0.15) is 0 Å². The summed E-state index contributed by atoms with van der Waals surface area (Å²) in [5, 5.41) is 8.77. The summed E-state index contributed by atoms with van der Waals surface area (Å²) in [6, 6.07) is 2.23. The second kappa shape index (κ2) is 6.36. The molecule has 0 radical (unpaired) electrons. The zero-order valence-corrected chi connectivity index (χ0v) is 13.4. The van der Waals surface area contributed by atoms with Crippen molar-refractivity contribution in [2.75, 3.05) is 6.61 Å². The van der Waals surface area contributed by atoms with Crippen molar-refractivity contribution in [2.24, 2.45) is 5.41 Å². The molecule has 7 heteroatoms. The van der Waals surface area contributed by atoms with Crippen LogP contribution in [0.5, 0.6) is 5.75 Å². The number of carboxylic acids is 1. The van der Waals surface area contributed by atoms with Crippen molar-refractivity contribution in [1.29, 1.82) is 0 Å². The molecule has 0 aliphatic carbocycles. The van der Waals surface area contributed by atoms with Crippen LogP contribution >= 0.6 is 23.2 Å². The van der Waals surface area contributed by atoms with Crippen molar-refractivity contribution in [2.45, 2.75) is 33.1 Å². The molecule has 0 aliphatic heterocycles. The highest BCUT2D eigenvalue weighted by molar-refractivity contribution is 6.34. The van der Waals surface area contributed by atoms with Crippen LogP contribution in [0.25, 0.3) is 0 Å². The van der Waals surface area contributed by atoms with Crippen LogP contribution in [0.2, 0.25) is 10.0 Å². The third kappa shape index (κ3) is 4.20. The second-order valence-electron chi connectivity index (χ2n) is 5.27. The Morgan fingerprint density at radius 2 is 1.86 bits per heavy atom. The molecule has 1 aromatic carbocycles. The lowest BCUT2D eigenvalue weighted by Gasteiger charge is -2.27. The van der Waals surface area contributed by atoms with Gasteiger partial charge in [0.2, 0.25) is 0 Å². The van der Waals surface area contributed by atoms with E-state index in [1.807, 2.05) is 0 Å². The highest BCUT2D eigenvalue weighted by Crippen LogP contribution is 2.45. The van der Waals surface area contributed by atoms with E-state index in [0.717, 1.165) is 6.07 Å². The Morgan fingerprint density at radius 3 is 2.33 bits per heavy atom. The lowest BCUT2D eigenvalue weighted by atomic mass is 9.84. The molecule has 0 saturated carbocycles. The first kappa shape index (κ1) is 18.0. The third-order valence-corrected chi connectivity index (χ3v) is 3.57. The molecule has 0 aliphatic rings. The summed E-state index contributed by atoms with van der Waals surface area (Å²) in [5.74, 6) is -4.52. The molecule has 3 nitrogen and oxygen atoms in total. The predicted molar refractivity (Wildman–Crippen MR) is 77.6 cm³/mol. The topological polar surface area (TPSA) is 46.5 Å². The van der Waals surface area contributed by atoms with Gasteiger partial charge < -0.3 is 9.84 Å². The summed E-state index contributed by atoms with van der Waals surface area (Å²) >= 11 is 11.8. The molecule has 1 aromatic rings. The minimum atomic E-state index is -3.42. The van der Waals surface area contributed by atoms with Crippen LogP contribution in [-0.2, 0) is 10.7 Å². The first-order valence-corrected chi connectivity index (χ1v) is 7.00. The minimum absolute atomic E-state index is 0.00376. The average Bonchev–Trinajstić information content (AvgIpc) is 2.32. The Labute approximate surface area is 131 Å². The monoisotopic (exact) mass is 340 g/mol. The molecule has 0 unspecified atom stereocenters. The van der Waals surface area contributed by atoms with Crippen molar-refractivity contribution in [3.8, 4) is 5.75 Å². The maximum Gasteiger partial charge on any atom is 0.309 e. The van der Waals surface area contributed by atoms with Crippen molar-refractivity contribution >= 4 is 29.2 Å². The highest BCUT2D eigenvalue weighted by Gasteiger charge is 2.43. The third-order valence-electron chi connectivity index (χ3n) is 2.96. The van der Waals surface area contributed by atoms with Gasteiger partial charge in [-0.15, -0.1) is 0 Å². The molecular formula is C14H16Cl2F2O3. The Morgan fingerprint density at radius 1 is 1.29 bits per heavy atom. The summed E-state index contributed by atoms with van der Waals surface area (Å²) in [4.78, 5) is 11.0. The average molecular weight is 341 g/mol. The smallest absolute Gasteiger partial charge is 0.309 e. The molecule has 1 rings (SSSR count). The van der Waals surface area contributed by atoms with Crippen molar-refractivity contribution < 1.29 is 23.4 Å². The van der Waals surface area contributed by atoms with Crippen LogP contribution in [0.4, 0.5) is 8.78 Å². The van der Waals surface area contributed by atoms with Crippen LogP contribution in [0.15, 0.2) is 12.1 Å². The fraction of sp³-hybridized carbons (Fsp3) is 0.500. The first-order valence-electron chi connectivity index (χ1n) is 6.25. The van der Waals surface area contributed by atoms with Crippen LogP contribution in [0.1, 0.15) is 32.8 Å². The van der Waals surface area contributed by atoms with Crippen molar-refractivity contribution in [1.82, 2.24) is 0 Å². The van der Waals surface area contributed by atoms with Gasteiger partial charge in [0.25, 0.3) is 5.92 Å². The van der Waals surface area contributed by atoms with E-state index in [9.17, 15) is 13.6 Å². The number of halogens is 4. The molecule has 0 spiro atoms. The number of ether oxygens (including phenoxy) is 1. The van der Waals surface area contributed by atoms with Crippen LogP contribution in [0, 0.1) is 5.41 Å². The molecule has 0 fully saturated rings. The quantitative estimate of drug-likeness (QED) is 0.793. The van der Waals surface area contributed by atoms with Gasteiger partial charge in [-0.3, -0.25) is 4.79 Å². The van der Waals surface area contributed by atoms with Gasteiger partial charge in [-0.1, -0.05) is 23.2 Å². The maximum atomic E-state index is 14.3. The van der Waals surface area contributed by atoms with Crippen molar-refractivity contribution in [3.63, 3.8) is 0 Å². The summed E-state index contributed by atoms with van der Waals surface area (Å²) < 4.78 is 33.8. The summed E-state index contributed by atoms with van der Waals surface area (Å²) in [6.07, 6.45) is -0.890. The van der Waals surface area contributed by atoms with E-state index >= 15 is 0 Å². The highest BCUT2D eigenvalue weighted by atomic mass is 35.5. The number of carbonyl (C=O) groups is 1. The fourth-order valence-corrected chi connectivity index (χ4v) is 2.31. The van der Waals surface area contributed by atoms with Gasteiger partial charge >= 0.3 is 5.97 Å². The standard InChI is InChI=1S/C14H16Cl2F2O3/c1-4-21-11-6-9(15)8(5-10(11)16)14(17,18)7-13(2,3)12(19)20/h5-6H,4,7H2,1-3H3,(H,19,20).